The number of ether oxygens (including phenoxy) is 1. The van der Waals surface area contributed by atoms with Crippen molar-refractivity contribution in [3.05, 3.63) is 36.0 Å². The summed E-state index contributed by atoms with van der Waals surface area (Å²) in [5, 5.41) is 18.9. The van der Waals surface area contributed by atoms with Gasteiger partial charge in [0, 0.05) is 29.0 Å². The molecule has 1 aromatic rings. The Hall–Kier alpha value is -2.52. The average molecular weight is 356 g/mol. The third-order valence-electron chi connectivity index (χ3n) is 4.37. The summed E-state index contributed by atoms with van der Waals surface area (Å²) in [5.41, 5.74) is 0.646. The Morgan fingerprint density at radius 3 is 2.31 bits per heavy atom. The molecule has 6 nitrogen and oxygen atoms in total. The van der Waals surface area contributed by atoms with Gasteiger partial charge in [-0.15, -0.1) is 0 Å². The van der Waals surface area contributed by atoms with Gasteiger partial charge in [-0.2, -0.15) is 5.26 Å². The Morgan fingerprint density at radius 2 is 1.81 bits per heavy atom. The van der Waals surface area contributed by atoms with Crippen molar-refractivity contribution in [1.29, 1.82) is 5.26 Å². The van der Waals surface area contributed by atoms with Crippen LogP contribution in [0.25, 0.3) is 0 Å². The van der Waals surface area contributed by atoms with E-state index in [-0.39, 0.29) is 22.7 Å². The molecule has 1 aliphatic heterocycles. The summed E-state index contributed by atoms with van der Waals surface area (Å²) in [6, 6.07) is 9.14. The largest absolute Gasteiger partial charge is 0.497 e. The SMILES string of the molecule is COc1ccc(NC(=O)/C(C#N)=C\NC2CC(C)(C)NC(C)(C)C2)cc1. The van der Waals surface area contributed by atoms with Crippen LogP contribution in [0.1, 0.15) is 40.5 Å². The summed E-state index contributed by atoms with van der Waals surface area (Å²) in [7, 11) is 1.58. The van der Waals surface area contributed by atoms with Gasteiger partial charge < -0.3 is 20.7 Å². The number of rotatable bonds is 5. The molecule has 0 radical (unpaired) electrons. The number of carbonyl (C=O) groups excluding carboxylic acids is 1. The lowest BCUT2D eigenvalue weighted by atomic mass is 9.80. The number of piperidine rings is 1. The van der Waals surface area contributed by atoms with Crippen LogP contribution in [-0.2, 0) is 4.79 Å². The van der Waals surface area contributed by atoms with E-state index >= 15 is 0 Å². The highest BCUT2D eigenvalue weighted by atomic mass is 16.5. The molecule has 1 aromatic carbocycles. The minimum absolute atomic E-state index is 0.00852. The minimum atomic E-state index is -0.433. The van der Waals surface area contributed by atoms with Crippen LogP contribution in [0.3, 0.4) is 0 Å². The molecule has 0 bridgehead atoms. The zero-order valence-corrected chi connectivity index (χ0v) is 16.1. The predicted molar refractivity (Wildman–Crippen MR) is 103 cm³/mol. The van der Waals surface area contributed by atoms with Crippen molar-refractivity contribution in [2.45, 2.75) is 57.7 Å². The van der Waals surface area contributed by atoms with E-state index in [0.717, 1.165) is 12.8 Å². The maximum Gasteiger partial charge on any atom is 0.267 e. The molecule has 1 heterocycles. The van der Waals surface area contributed by atoms with Gasteiger partial charge in [0.25, 0.3) is 5.91 Å². The third kappa shape index (κ3) is 5.50. The van der Waals surface area contributed by atoms with Gasteiger partial charge in [-0.1, -0.05) is 0 Å². The molecular weight excluding hydrogens is 328 g/mol. The van der Waals surface area contributed by atoms with Crippen LogP contribution in [0.2, 0.25) is 0 Å². The number of hydrogen-bond acceptors (Lipinski definition) is 5. The lowest BCUT2D eigenvalue weighted by molar-refractivity contribution is -0.112. The fraction of sp³-hybridized carbons (Fsp3) is 0.500. The zero-order chi connectivity index (χ0) is 19.4. The summed E-state index contributed by atoms with van der Waals surface area (Å²) in [5.74, 6) is 0.273. The molecule has 1 saturated heterocycles. The van der Waals surface area contributed by atoms with Crippen LogP contribution in [0.5, 0.6) is 5.75 Å². The Balaban J connectivity index is 2.02. The Labute approximate surface area is 155 Å². The summed E-state index contributed by atoms with van der Waals surface area (Å²) < 4.78 is 5.09. The van der Waals surface area contributed by atoms with E-state index in [1.54, 1.807) is 31.4 Å². The first-order valence-corrected chi connectivity index (χ1v) is 8.75. The number of benzene rings is 1. The van der Waals surface area contributed by atoms with Crippen molar-refractivity contribution < 1.29 is 9.53 Å². The number of methoxy groups -OCH3 is 1. The number of hydrogen-bond donors (Lipinski definition) is 3. The molecule has 0 unspecified atom stereocenters. The smallest absolute Gasteiger partial charge is 0.267 e. The molecule has 1 amide bonds. The van der Waals surface area contributed by atoms with Gasteiger partial charge in [0.05, 0.1) is 7.11 Å². The predicted octanol–water partition coefficient (Wildman–Crippen LogP) is 2.94. The van der Waals surface area contributed by atoms with E-state index in [4.69, 9.17) is 4.74 Å². The number of nitrogens with one attached hydrogen (secondary N) is 3. The molecule has 0 aromatic heterocycles. The van der Waals surface area contributed by atoms with Crippen molar-refractivity contribution in [3.63, 3.8) is 0 Å². The normalized spacial score (nSPS) is 19.3. The molecule has 140 valence electrons. The van der Waals surface area contributed by atoms with Gasteiger partial charge >= 0.3 is 0 Å². The molecule has 1 aliphatic rings. The Bertz CT molecular complexity index is 698. The highest BCUT2D eigenvalue weighted by Crippen LogP contribution is 2.28. The Morgan fingerprint density at radius 1 is 1.23 bits per heavy atom. The van der Waals surface area contributed by atoms with Crippen LogP contribution >= 0.6 is 0 Å². The van der Waals surface area contributed by atoms with E-state index in [9.17, 15) is 10.1 Å². The molecular formula is C20H28N4O2. The summed E-state index contributed by atoms with van der Waals surface area (Å²) >= 11 is 0. The first-order chi connectivity index (χ1) is 12.1. The van der Waals surface area contributed by atoms with Crippen LogP contribution in [-0.4, -0.2) is 30.1 Å². The second-order valence-corrected chi connectivity index (χ2v) is 8.02. The van der Waals surface area contributed by atoms with Crippen molar-refractivity contribution in [3.8, 4) is 11.8 Å². The molecule has 2 rings (SSSR count). The second kappa shape index (κ2) is 7.79. The first-order valence-electron chi connectivity index (χ1n) is 8.75. The maximum absolute atomic E-state index is 12.3. The molecule has 0 aliphatic carbocycles. The summed E-state index contributed by atoms with van der Waals surface area (Å²) in [6.07, 6.45) is 3.35. The van der Waals surface area contributed by atoms with E-state index in [2.05, 4.69) is 43.6 Å². The lowest BCUT2D eigenvalue weighted by Gasteiger charge is -2.46. The minimum Gasteiger partial charge on any atom is -0.497 e. The Kier molecular flexibility index (Phi) is 5.94. The average Bonchev–Trinajstić information content (AvgIpc) is 2.53. The molecule has 26 heavy (non-hydrogen) atoms. The second-order valence-electron chi connectivity index (χ2n) is 8.02. The topological polar surface area (TPSA) is 86.2 Å². The van der Waals surface area contributed by atoms with Crippen molar-refractivity contribution in [2.24, 2.45) is 0 Å². The van der Waals surface area contributed by atoms with Gasteiger partial charge in [0.2, 0.25) is 0 Å². The van der Waals surface area contributed by atoms with Crippen molar-refractivity contribution >= 4 is 11.6 Å². The van der Waals surface area contributed by atoms with Gasteiger partial charge in [-0.05, 0) is 64.8 Å². The quantitative estimate of drug-likeness (QED) is 0.558. The summed E-state index contributed by atoms with van der Waals surface area (Å²) in [6.45, 7) is 8.64. The van der Waals surface area contributed by atoms with Crippen molar-refractivity contribution in [2.75, 3.05) is 12.4 Å². The number of amides is 1. The third-order valence-corrected chi connectivity index (χ3v) is 4.37. The standard InChI is InChI=1S/C20H28N4O2/c1-19(2)10-16(11-20(3,4)24-19)22-13-14(12-21)18(25)23-15-6-8-17(26-5)9-7-15/h6-9,13,16,22,24H,10-11H2,1-5H3,(H,23,25)/b14-13-. The van der Waals surface area contributed by atoms with E-state index in [1.165, 1.54) is 6.20 Å². The zero-order valence-electron chi connectivity index (χ0n) is 16.1. The monoisotopic (exact) mass is 356 g/mol. The molecule has 0 saturated carbocycles. The van der Waals surface area contributed by atoms with Gasteiger partial charge in [0.1, 0.15) is 17.4 Å². The molecule has 0 atom stereocenters. The fourth-order valence-electron chi connectivity index (χ4n) is 3.66. The number of nitriles is 1. The van der Waals surface area contributed by atoms with E-state index in [1.807, 2.05) is 6.07 Å². The fourth-order valence-corrected chi connectivity index (χ4v) is 3.66. The molecule has 3 N–H and O–H groups in total. The van der Waals surface area contributed by atoms with Crippen LogP contribution in [0.15, 0.2) is 36.0 Å². The van der Waals surface area contributed by atoms with Crippen LogP contribution in [0, 0.1) is 11.3 Å². The highest BCUT2D eigenvalue weighted by molar-refractivity contribution is 6.06. The lowest BCUT2D eigenvalue weighted by Crippen LogP contribution is -2.61. The number of nitrogens with zero attached hydrogens (tertiary/aromatic N) is 1. The highest BCUT2D eigenvalue weighted by Gasteiger charge is 2.37. The number of anilines is 1. The van der Waals surface area contributed by atoms with Crippen LogP contribution in [0.4, 0.5) is 5.69 Å². The number of carbonyl (C=O) groups is 1. The van der Waals surface area contributed by atoms with E-state index in [0.29, 0.717) is 11.4 Å². The molecule has 6 heteroatoms. The van der Waals surface area contributed by atoms with Gasteiger partial charge in [-0.25, -0.2) is 0 Å². The maximum atomic E-state index is 12.3. The van der Waals surface area contributed by atoms with Crippen molar-refractivity contribution in [1.82, 2.24) is 10.6 Å². The summed E-state index contributed by atoms with van der Waals surface area (Å²) in [4.78, 5) is 12.3. The van der Waals surface area contributed by atoms with Gasteiger partial charge in [0.15, 0.2) is 0 Å². The van der Waals surface area contributed by atoms with Crippen LogP contribution < -0.4 is 20.7 Å². The first kappa shape index (κ1) is 19.8. The molecule has 1 fully saturated rings. The van der Waals surface area contributed by atoms with Gasteiger partial charge in [-0.3, -0.25) is 4.79 Å². The van der Waals surface area contributed by atoms with E-state index < -0.39 is 5.91 Å². The molecule has 0 spiro atoms.